The molecule has 7 heteroatoms. The Labute approximate surface area is 200 Å². The van der Waals surface area contributed by atoms with Crippen LogP contribution < -0.4 is 20.5 Å². The second kappa shape index (κ2) is 19.6. The molecule has 0 aliphatic rings. The first-order valence-electron chi connectivity index (χ1n) is 12.3. The van der Waals surface area contributed by atoms with Crippen molar-refractivity contribution in [3.8, 4) is 11.5 Å². The largest absolute Gasteiger partial charge is 0.496 e. The van der Waals surface area contributed by atoms with E-state index in [0.717, 1.165) is 67.9 Å². The molecule has 0 saturated carbocycles. The van der Waals surface area contributed by atoms with Crippen molar-refractivity contribution in [2.45, 2.75) is 52.9 Å². The first-order valence-corrected chi connectivity index (χ1v) is 12.3. The Balaban J connectivity index is 2.08. The van der Waals surface area contributed by atoms with Gasteiger partial charge in [0.25, 0.3) is 0 Å². The topological polar surface area (TPSA) is 84.2 Å². The average Bonchev–Trinajstić information content (AvgIpc) is 2.79. The van der Waals surface area contributed by atoms with Crippen LogP contribution >= 0.6 is 0 Å². The van der Waals surface area contributed by atoms with E-state index in [1.807, 2.05) is 26.0 Å². The molecule has 0 radical (unpaired) electrons. The second-order valence-electron chi connectivity index (χ2n) is 7.94. The van der Waals surface area contributed by atoms with Crippen LogP contribution in [-0.4, -0.2) is 66.4 Å². The van der Waals surface area contributed by atoms with E-state index in [-0.39, 0.29) is 0 Å². The van der Waals surface area contributed by atoms with Crippen molar-refractivity contribution in [1.29, 1.82) is 0 Å². The summed E-state index contributed by atoms with van der Waals surface area (Å²) >= 11 is 0. The SMILES string of the molecule is CC/C=C(\CCCOc1cc(C)c(OC)c(C)c1)NCCCOCCOCCOCCCN. The van der Waals surface area contributed by atoms with E-state index in [2.05, 4.69) is 18.3 Å². The standard InChI is InChI=1S/C26H46N2O5/c1-5-9-24(10-6-15-33-25-20-22(2)26(29-4)23(3)21-25)28-12-8-14-31-17-19-32-18-16-30-13-7-11-27/h9,20-21,28H,5-8,10-19,27H2,1-4H3/b24-9+. The fraction of sp³-hybridized carbons (Fsp3) is 0.692. The van der Waals surface area contributed by atoms with Gasteiger partial charge in [-0.1, -0.05) is 13.0 Å². The van der Waals surface area contributed by atoms with Crippen LogP contribution in [0.3, 0.4) is 0 Å². The van der Waals surface area contributed by atoms with Crippen LogP contribution in [-0.2, 0) is 14.2 Å². The Hall–Kier alpha value is -1.80. The molecule has 0 saturated heterocycles. The van der Waals surface area contributed by atoms with Crippen LogP contribution in [0, 0.1) is 13.8 Å². The van der Waals surface area contributed by atoms with E-state index in [1.165, 1.54) is 5.70 Å². The molecule has 0 fully saturated rings. The molecule has 0 heterocycles. The normalized spacial score (nSPS) is 11.6. The molecule has 0 aliphatic carbocycles. The lowest BCUT2D eigenvalue weighted by molar-refractivity contribution is 0.0141. The van der Waals surface area contributed by atoms with E-state index in [4.69, 9.17) is 29.4 Å². The molecule has 1 rings (SSSR count). The summed E-state index contributed by atoms with van der Waals surface area (Å²) in [7, 11) is 1.70. The maximum absolute atomic E-state index is 5.96. The van der Waals surface area contributed by atoms with Crippen molar-refractivity contribution in [2.75, 3.05) is 66.4 Å². The van der Waals surface area contributed by atoms with Gasteiger partial charge in [0.05, 0.1) is 40.1 Å². The molecule has 0 atom stereocenters. The highest BCUT2D eigenvalue weighted by atomic mass is 16.5. The zero-order chi connectivity index (χ0) is 24.2. The molecule has 0 spiro atoms. The van der Waals surface area contributed by atoms with Crippen LogP contribution in [0.25, 0.3) is 0 Å². The van der Waals surface area contributed by atoms with Gasteiger partial charge < -0.3 is 34.7 Å². The second-order valence-corrected chi connectivity index (χ2v) is 7.94. The highest BCUT2D eigenvalue weighted by Crippen LogP contribution is 2.28. The number of nitrogens with one attached hydrogen (secondary N) is 1. The first-order chi connectivity index (χ1) is 16.1. The Kier molecular flexibility index (Phi) is 17.4. The zero-order valence-corrected chi connectivity index (χ0v) is 21.3. The van der Waals surface area contributed by atoms with Gasteiger partial charge in [0.15, 0.2) is 0 Å². The molecule has 1 aromatic rings. The Bertz CT molecular complexity index is 629. The Morgan fingerprint density at radius 2 is 1.48 bits per heavy atom. The van der Waals surface area contributed by atoms with Gasteiger partial charge in [-0.05, 0) is 75.8 Å². The Morgan fingerprint density at radius 3 is 2.06 bits per heavy atom. The van der Waals surface area contributed by atoms with Gasteiger partial charge in [0.2, 0.25) is 0 Å². The minimum Gasteiger partial charge on any atom is -0.496 e. The van der Waals surface area contributed by atoms with Crippen LogP contribution in [0.1, 0.15) is 50.2 Å². The van der Waals surface area contributed by atoms with Crippen LogP contribution in [0.2, 0.25) is 0 Å². The van der Waals surface area contributed by atoms with Crippen molar-refractivity contribution >= 4 is 0 Å². The lowest BCUT2D eigenvalue weighted by Gasteiger charge is -2.14. The van der Waals surface area contributed by atoms with Crippen LogP contribution in [0.4, 0.5) is 0 Å². The molecule has 1 aromatic carbocycles. The number of hydrogen-bond acceptors (Lipinski definition) is 7. The van der Waals surface area contributed by atoms with Crippen LogP contribution in [0.5, 0.6) is 11.5 Å². The quantitative estimate of drug-likeness (QED) is 0.263. The van der Waals surface area contributed by atoms with E-state index < -0.39 is 0 Å². The zero-order valence-electron chi connectivity index (χ0n) is 21.3. The van der Waals surface area contributed by atoms with Crippen molar-refractivity contribution in [2.24, 2.45) is 5.73 Å². The summed E-state index contributed by atoms with van der Waals surface area (Å²) < 4.78 is 27.9. The van der Waals surface area contributed by atoms with Gasteiger partial charge in [0.1, 0.15) is 11.5 Å². The molecule has 3 N–H and O–H groups in total. The minimum absolute atomic E-state index is 0.599. The van der Waals surface area contributed by atoms with Gasteiger partial charge in [-0.2, -0.15) is 0 Å². The third kappa shape index (κ3) is 14.1. The third-order valence-corrected chi connectivity index (χ3v) is 5.00. The summed E-state index contributed by atoms with van der Waals surface area (Å²) in [6.45, 7) is 12.4. The highest BCUT2D eigenvalue weighted by molar-refractivity contribution is 5.45. The van der Waals surface area contributed by atoms with Crippen molar-refractivity contribution < 1.29 is 23.7 Å². The monoisotopic (exact) mass is 466 g/mol. The van der Waals surface area contributed by atoms with Gasteiger partial charge in [0, 0.05) is 25.5 Å². The fourth-order valence-corrected chi connectivity index (χ4v) is 3.43. The van der Waals surface area contributed by atoms with E-state index in [0.29, 0.717) is 46.2 Å². The molecule has 190 valence electrons. The molecule has 0 aromatic heterocycles. The number of nitrogens with two attached hydrogens (primary N) is 1. The lowest BCUT2D eigenvalue weighted by Crippen LogP contribution is -2.18. The molecule has 7 nitrogen and oxygen atoms in total. The predicted molar refractivity (Wildman–Crippen MR) is 134 cm³/mol. The average molecular weight is 467 g/mol. The van der Waals surface area contributed by atoms with Crippen molar-refractivity contribution in [3.05, 3.63) is 35.0 Å². The predicted octanol–water partition coefficient (Wildman–Crippen LogP) is 4.14. The maximum Gasteiger partial charge on any atom is 0.124 e. The summed E-state index contributed by atoms with van der Waals surface area (Å²) in [6.07, 6.45) is 7.07. The number of benzene rings is 1. The summed E-state index contributed by atoms with van der Waals surface area (Å²) in [5.41, 5.74) is 8.89. The van der Waals surface area contributed by atoms with Crippen molar-refractivity contribution in [1.82, 2.24) is 5.32 Å². The summed E-state index contributed by atoms with van der Waals surface area (Å²) in [5, 5.41) is 3.54. The smallest absolute Gasteiger partial charge is 0.124 e. The number of methoxy groups -OCH3 is 1. The fourth-order valence-electron chi connectivity index (χ4n) is 3.43. The van der Waals surface area contributed by atoms with Gasteiger partial charge in [-0.15, -0.1) is 0 Å². The molecule has 0 amide bonds. The lowest BCUT2D eigenvalue weighted by atomic mass is 10.1. The molecule has 33 heavy (non-hydrogen) atoms. The summed E-state index contributed by atoms with van der Waals surface area (Å²) in [5.74, 6) is 1.83. The molecule has 0 aliphatic heterocycles. The summed E-state index contributed by atoms with van der Waals surface area (Å²) in [4.78, 5) is 0. The minimum atomic E-state index is 0.599. The number of aryl methyl sites for hydroxylation is 2. The molecular formula is C26H46N2O5. The van der Waals surface area contributed by atoms with Crippen LogP contribution in [0.15, 0.2) is 23.9 Å². The van der Waals surface area contributed by atoms with Gasteiger partial charge in [-0.3, -0.25) is 0 Å². The summed E-state index contributed by atoms with van der Waals surface area (Å²) in [6, 6.07) is 4.07. The maximum atomic E-state index is 5.96. The van der Waals surface area contributed by atoms with Gasteiger partial charge >= 0.3 is 0 Å². The Morgan fingerprint density at radius 1 is 0.879 bits per heavy atom. The van der Waals surface area contributed by atoms with Gasteiger partial charge in [-0.25, -0.2) is 0 Å². The number of hydrogen-bond donors (Lipinski definition) is 2. The van der Waals surface area contributed by atoms with E-state index >= 15 is 0 Å². The van der Waals surface area contributed by atoms with Crippen molar-refractivity contribution in [3.63, 3.8) is 0 Å². The van der Waals surface area contributed by atoms with E-state index in [9.17, 15) is 0 Å². The number of allylic oxidation sites excluding steroid dienone is 2. The third-order valence-electron chi connectivity index (χ3n) is 5.00. The highest BCUT2D eigenvalue weighted by Gasteiger charge is 2.06. The first kappa shape index (κ1) is 29.2. The molecular weight excluding hydrogens is 420 g/mol. The molecule has 0 unspecified atom stereocenters. The number of ether oxygens (including phenoxy) is 5. The number of rotatable bonds is 21. The molecule has 0 bridgehead atoms. The van der Waals surface area contributed by atoms with E-state index in [1.54, 1.807) is 7.11 Å².